The highest BCUT2D eigenvalue weighted by Gasteiger charge is 2.27. The molecule has 0 aliphatic rings. The fraction of sp³-hybridized carbons (Fsp3) is 0.800. The Kier molecular flexibility index (Phi) is 8.29. The second-order valence-electron chi connectivity index (χ2n) is 4.61. The van der Waals surface area contributed by atoms with E-state index in [2.05, 4.69) is 5.16 Å². The summed E-state index contributed by atoms with van der Waals surface area (Å²) in [6.45, 7) is 5.99. The van der Waals surface area contributed by atoms with Crippen LogP contribution < -0.4 is 0 Å². The van der Waals surface area contributed by atoms with Gasteiger partial charge in [0.2, 0.25) is 0 Å². The second-order valence-corrected chi connectivity index (χ2v) is 9.77. The van der Waals surface area contributed by atoms with E-state index in [-0.39, 0.29) is 5.41 Å². The molecular weight excluding hydrogens is 351 g/mol. The molecule has 112 valence electrons. The minimum atomic E-state index is -1.62. The molecule has 0 saturated carbocycles. The van der Waals surface area contributed by atoms with Gasteiger partial charge in [0.1, 0.15) is 0 Å². The highest BCUT2D eigenvalue weighted by Crippen LogP contribution is 2.40. The standard InChI is InChI=1S/C10H17Cl3N2O2S2/c1-9(2,3)7(6-18-5)14-17-8(16)15(4)19-10(11,12)13/h6H2,1-5H3. The van der Waals surface area contributed by atoms with Gasteiger partial charge >= 0.3 is 6.09 Å². The van der Waals surface area contributed by atoms with Crippen LogP contribution in [0.15, 0.2) is 5.16 Å². The Morgan fingerprint density at radius 2 is 1.84 bits per heavy atom. The topological polar surface area (TPSA) is 41.9 Å². The quantitative estimate of drug-likeness (QED) is 0.235. The minimum absolute atomic E-state index is 0.176. The van der Waals surface area contributed by atoms with Crippen molar-refractivity contribution in [1.82, 2.24) is 4.31 Å². The van der Waals surface area contributed by atoms with E-state index in [9.17, 15) is 4.79 Å². The van der Waals surface area contributed by atoms with Crippen LogP contribution in [-0.2, 0) is 4.84 Å². The third-order valence-electron chi connectivity index (χ3n) is 1.88. The number of alkyl halides is 3. The Balaban J connectivity index is 4.62. The van der Waals surface area contributed by atoms with Crippen LogP contribution in [-0.4, -0.2) is 38.3 Å². The van der Waals surface area contributed by atoms with Crippen molar-refractivity contribution in [2.45, 2.75) is 23.9 Å². The molecular formula is C10H17Cl3N2O2S2. The van der Waals surface area contributed by atoms with Crippen molar-refractivity contribution in [3.8, 4) is 0 Å². The fourth-order valence-electron chi connectivity index (χ4n) is 0.861. The Labute approximate surface area is 137 Å². The Bertz CT molecular complexity index is 341. The number of halogens is 3. The van der Waals surface area contributed by atoms with Gasteiger partial charge in [-0.25, -0.2) is 9.10 Å². The summed E-state index contributed by atoms with van der Waals surface area (Å²) in [5.41, 5.74) is 0.602. The number of hydrogen-bond donors (Lipinski definition) is 0. The van der Waals surface area contributed by atoms with Gasteiger partial charge in [0, 0.05) is 30.2 Å². The zero-order chi connectivity index (χ0) is 15.3. The molecule has 0 aliphatic carbocycles. The molecule has 4 nitrogen and oxygen atoms in total. The van der Waals surface area contributed by atoms with Crippen LogP contribution in [0.4, 0.5) is 4.79 Å². The van der Waals surface area contributed by atoms with Crippen molar-refractivity contribution >= 4 is 70.3 Å². The van der Waals surface area contributed by atoms with E-state index in [1.807, 2.05) is 27.0 Å². The van der Waals surface area contributed by atoms with Crippen molar-refractivity contribution in [1.29, 1.82) is 0 Å². The first-order chi connectivity index (χ1) is 8.47. The predicted molar refractivity (Wildman–Crippen MR) is 87.4 cm³/mol. The Morgan fingerprint density at radius 1 is 1.32 bits per heavy atom. The van der Waals surface area contributed by atoms with Crippen molar-refractivity contribution in [3.05, 3.63) is 0 Å². The van der Waals surface area contributed by atoms with E-state index < -0.39 is 9.22 Å². The first kappa shape index (κ1) is 19.5. The number of rotatable bonds is 4. The largest absolute Gasteiger partial charge is 0.445 e. The van der Waals surface area contributed by atoms with Gasteiger partial charge in [-0.05, 0) is 6.26 Å². The monoisotopic (exact) mass is 366 g/mol. The molecule has 0 aliphatic heterocycles. The number of oxime groups is 1. The van der Waals surface area contributed by atoms with Crippen molar-refractivity contribution < 1.29 is 9.63 Å². The van der Waals surface area contributed by atoms with E-state index in [1.54, 1.807) is 11.8 Å². The summed E-state index contributed by atoms with van der Waals surface area (Å²) in [5.74, 6) is 0.679. The number of carbonyl (C=O) groups excluding carboxylic acids is 1. The van der Waals surface area contributed by atoms with Gasteiger partial charge in [0.15, 0.2) is 0 Å². The molecule has 0 atom stereocenters. The van der Waals surface area contributed by atoms with E-state index in [0.29, 0.717) is 5.75 Å². The summed E-state index contributed by atoms with van der Waals surface area (Å²) >= 11 is 19.0. The molecule has 0 spiro atoms. The van der Waals surface area contributed by atoms with Crippen LogP contribution in [0.2, 0.25) is 0 Å². The van der Waals surface area contributed by atoms with Gasteiger partial charge in [-0.15, -0.1) is 0 Å². The number of amides is 1. The summed E-state index contributed by atoms with van der Waals surface area (Å²) in [5, 5.41) is 3.90. The van der Waals surface area contributed by atoms with E-state index in [1.165, 1.54) is 7.05 Å². The van der Waals surface area contributed by atoms with Crippen LogP contribution in [0.3, 0.4) is 0 Å². The summed E-state index contributed by atoms with van der Waals surface area (Å²) in [7, 11) is 1.44. The zero-order valence-corrected chi connectivity index (χ0v) is 15.3. The molecule has 0 heterocycles. The van der Waals surface area contributed by atoms with Crippen LogP contribution in [0.1, 0.15) is 20.8 Å². The summed E-state index contributed by atoms with van der Waals surface area (Å²) in [6.07, 6.45) is 1.26. The van der Waals surface area contributed by atoms with Gasteiger partial charge in [-0.3, -0.25) is 4.84 Å². The first-order valence-corrected chi connectivity index (χ1v) is 8.54. The maximum absolute atomic E-state index is 11.6. The van der Waals surface area contributed by atoms with E-state index >= 15 is 0 Å². The predicted octanol–water partition coefficient (Wildman–Crippen LogP) is 4.80. The second kappa shape index (κ2) is 8.08. The first-order valence-electron chi connectivity index (χ1n) is 5.24. The minimum Gasteiger partial charge on any atom is -0.297 e. The molecule has 9 heteroatoms. The average Bonchev–Trinajstić information content (AvgIpc) is 2.19. The molecule has 0 aromatic carbocycles. The third-order valence-corrected chi connectivity index (χ3v) is 3.69. The van der Waals surface area contributed by atoms with Crippen LogP contribution >= 0.6 is 58.5 Å². The lowest BCUT2D eigenvalue weighted by molar-refractivity contribution is 0.135. The Hall–Kier alpha value is 0.510. The lowest BCUT2D eigenvalue weighted by Crippen LogP contribution is -2.26. The zero-order valence-electron chi connectivity index (χ0n) is 11.4. The average molecular weight is 368 g/mol. The highest BCUT2D eigenvalue weighted by atomic mass is 35.6. The van der Waals surface area contributed by atoms with Crippen LogP contribution in [0.25, 0.3) is 0 Å². The van der Waals surface area contributed by atoms with Gasteiger partial charge in [-0.2, -0.15) is 11.8 Å². The molecule has 1 amide bonds. The van der Waals surface area contributed by atoms with Crippen LogP contribution in [0, 0.1) is 5.41 Å². The maximum Gasteiger partial charge on any atom is 0.445 e. The smallest absolute Gasteiger partial charge is 0.297 e. The van der Waals surface area contributed by atoms with E-state index in [0.717, 1.165) is 22.0 Å². The molecule has 0 fully saturated rings. The van der Waals surface area contributed by atoms with Gasteiger partial charge in [-0.1, -0.05) is 60.7 Å². The number of carbonyl (C=O) groups is 1. The van der Waals surface area contributed by atoms with Crippen molar-refractivity contribution in [2.24, 2.45) is 10.6 Å². The summed E-state index contributed by atoms with van der Waals surface area (Å²) in [4.78, 5) is 16.5. The molecule has 0 unspecified atom stereocenters. The number of thioether (sulfide) groups is 1. The number of nitrogens with zero attached hydrogens (tertiary/aromatic N) is 2. The Morgan fingerprint density at radius 3 is 2.21 bits per heavy atom. The lowest BCUT2D eigenvalue weighted by atomic mass is 9.91. The molecule has 0 radical (unpaired) electrons. The SMILES string of the molecule is CSCC(=NOC(=O)N(C)SC(Cl)(Cl)Cl)C(C)(C)C. The maximum atomic E-state index is 11.6. The molecule has 0 bridgehead atoms. The van der Waals surface area contributed by atoms with Crippen LogP contribution in [0.5, 0.6) is 0 Å². The molecule has 0 aromatic rings. The van der Waals surface area contributed by atoms with Gasteiger partial charge in [0.05, 0.1) is 5.71 Å². The molecule has 0 aromatic heterocycles. The van der Waals surface area contributed by atoms with Gasteiger partial charge < -0.3 is 0 Å². The molecule has 19 heavy (non-hydrogen) atoms. The number of hydrogen-bond acceptors (Lipinski definition) is 5. The van der Waals surface area contributed by atoms with Gasteiger partial charge in [0.25, 0.3) is 3.12 Å². The normalized spacial score (nSPS) is 13.4. The third kappa shape index (κ3) is 9.13. The molecule has 0 rings (SSSR count). The molecule has 0 N–H and O–H groups in total. The summed E-state index contributed by atoms with van der Waals surface area (Å²) < 4.78 is -0.542. The summed E-state index contributed by atoms with van der Waals surface area (Å²) in [6, 6.07) is 0. The molecule has 0 saturated heterocycles. The highest BCUT2D eigenvalue weighted by molar-refractivity contribution is 8.03. The lowest BCUT2D eigenvalue weighted by Gasteiger charge is -2.21. The van der Waals surface area contributed by atoms with Crippen molar-refractivity contribution in [2.75, 3.05) is 19.1 Å². The van der Waals surface area contributed by atoms with E-state index in [4.69, 9.17) is 39.6 Å². The van der Waals surface area contributed by atoms with Crippen molar-refractivity contribution in [3.63, 3.8) is 0 Å². The fourth-order valence-corrected chi connectivity index (χ4v) is 2.97.